The van der Waals surface area contributed by atoms with Crippen LogP contribution in [0.15, 0.2) is 0 Å². The van der Waals surface area contributed by atoms with Gasteiger partial charge in [-0.15, -0.1) is 0 Å². The molecule has 2 N–H and O–H groups in total. The lowest BCUT2D eigenvalue weighted by Gasteiger charge is -2.22. The minimum absolute atomic E-state index is 0.273. The zero-order valence-corrected chi connectivity index (χ0v) is 11.8. The standard InChI is InChI=1S/C13H25NO4/c1-5-6-7-10(11(15)16)14-9-8-13(2,3)12(17)18-4/h10,14H,5-9H2,1-4H3,(H,15,16). The Bertz CT molecular complexity index is 276. The zero-order chi connectivity index (χ0) is 14.2. The average Bonchev–Trinajstić information content (AvgIpc) is 2.31. The summed E-state index contributed by atoms with van der Waals surface area (Å²) in [7, 11) is 1.36. The van der Waals surface area contributed by atoms with E-state index in [1.807, 2.05) is 6.92 Å². The van der Waals surface area contributed by atoms with Crippen LogP contribution in [-0.4, -0.2) is 36.7 Å². The number of carboxylic acids is 1. The van der Waals surface area contributed by atoms with E-state index in [2.05, 4.69) is 5.32 Å². The van der Waals surface area contributed by atoms with Gasteiger partial charge in [0.2, 0.25) is 0 Å². The van der Waals surface area contributed by atoms with Gasteiger partial charge in [0.15, 0.2) is 0 Å². The summed E-state index contributed by atoms with van der Waals surface area (Å²) in [5, 5.41) is 12.0. The van der Waals surface area contributed by atoms with E-state index < -0.39 is 17.4 Å². The van der Waals surface area contributed by atoms with Crippen molar-refractivity contribution in [1.29, 1.82) is 0 Å². The molecule has 0 saturated carbocycles. The number of hydrogen-bond donors (Lipinski definition) is 2. The van der Waals surface area contributed by atoms with E-state index in [0.29, 0.717) is 19.4 Å². The van der Waals surface area contributed by atoms with Gasteiger partial charge in [-0.05, 0) is 33.2 Å². The first-order valence-electron chi connectivity index (χ1n) is 6.39. The number of hydrogen-bond acceptors (Lipinski definition) is 4. The van der Waals surface area contributed by atoms with Crippen LogP contribution < -0.4 is 5.32 Å². The van der Waals surface area contributed by atoms with Crippen molar-refractivity contribution in [2.75, 3.05) is 13.7 Å². The molecular weight excluding hydrogens is 234 g/mol. The molecule has 0 aliphatic rings. The van der Waals surface area contributed by atoms with Crippen LogP contribution in [0.2, 0.25) is 0 Å². The molecule has 0 heterocycles. The molecule has 0 aromatic rings. The molecule has 5 heteroatoms. The topological polar surface area (TPSA) is 75.6 Å². The molecule has 0 saturated heterocycles. The third-order valence-electron chi connectivity index (χ3n) is 3.02. The van der Waals surface area contributed by atoms with Crippen LogP contribution in [0.25, 0.3) is 0 Å². The first-order chi connectivity index (χ1) is 8.35. The van der Waals surface area contributed by atoms with E-state index in [1.54, 1.807) is 13.8 Å². The normalized spacial score (nSPS) is 13.1. The lowest BCUT2D eigenvalue weighted by molar-refractivity contribution is -0.151. The van der Waals surface area contributed by atoms with Gasteiger partial charge in [-0.25, -0.2) is 0 Å². The average molecular weight is 259 g/mol. The molecule has 0 radical (unpaired) electrons. The smallest absolute Gasteiger partial charge is 0.320 e. The van der Waals surface area contributed by atoms with Gasteiger partial charge in [-0.1, -0.05) is 19.8 Å². The van der Waals surface area contributed by atoms with Crippen LogP contribution in [0.1, 0.15) is 46.5 Å². The molecule has 1 atom stereocenters. The van der Waals surface area contributed by atoms with Crippen molar-refractivity contribution >= 4 is 11.9 Å². The number of unbranched alkanes of at least 4 members (excludes halogenated alkanes) is 1. The summed E-state index contributed by atoms with van der Waals surface area (Å²) in [6, 6.07) is -0.529. The Kier molecular flexibility index (Phi) is 7.59. The Morgan fingerprint density at radius 1 is 1.39 bits per heavy atom. The van der Waals surface area contributed by atoms with E-state index in [0.717, 1.165) is 12.8 Å². The highest BCUT2D eigenvalue weighted by atomic mass is 16.5. The van der Waals surface area contributed by atoms with Gasteiger partial charge >= 0.3 is 11.9 Å². The van der Waals surface area contributed by atoms with Crippen molar-refractivity contribution in [3.05, 3.63) is 0 Å². The molecule has 1 unspecified atom stereocenters. The van der Waals surface area contributed by atoms with E-state index in [9.17, 15) is 9.59 Å². The summed E-state index contributed by atoms with van der Waals surface area (Å²) >= 11 is 0. The molecule has 0 spiro atoms. The predicted molar refractivity (Wildman–Crippen MR) is 69.4 cm³/mol. The Hall–Kier alpha value is -1.10. The van der Waals surface area contributed by atoms with Gasteiger partial charge < -0.3 is 15.2 Å². The Labute approximate surface area is 109 Å². The number of aliphatic carboxylic acids is 1. The van der Waals surface area contributed by atoms with Crippen molar-refractivity contribution in [1.82, 2.24) is 5.32 Å². The van der Waals surface area contributed by atoms with E-state index in [-0.39, 0.29) is 5.97 Å². The number of methoxy groups -OCH3 is 1. The highest BCUT2D eigenvalue weighted by molar-refractivity contribution is 5.75. The number of ether oxygens (including phenoxy) is 1. The maximum Gasteiger partial charge on any atom is 0.320 e. The van der Waals surface area contributed by atoms with Crippen LogP contribution in [0, 0.1) is 5.41 Å². The van der Waals surface area contributed by atoms with Gasteiger partial charge in [0, 0.05) is 0 Å². The lowest BCUT2D eigenvalue weighted by atomic mass is 9.89. The highest BCUT2D eigenvalue weighted by Crippen LogP contribution is 2.21. The summed E-state index contributed by atoms with van der Waals surface area (Å²) in [6.07, 6.45) is 3.02. The van der Waals surface area contributed by atoms with Gasteiger partial charge in [-0.3, -0.25) is 9.59 Å². The molecule has 106 valence electrons. The van der Waals surface area contributed by atoms with Crippen molar-refractivity contribution in [3.63, 3.8) is 0 Å². The molecule has 0 amide bonds. The minimum Gasteiger partial charge on any atom is -0.480 e. The Morgan fingerprint density at radius 2 is 2.00 bits per heavy atom. The van der Waals surface area contributed by atoms with Gasteiger partial charge in [-0.2, -0.15) is 0 Å². The van der Waals surface area contributed by atoms with Crippen LogP contribution in [0.5, 0.6) is 0 Å². The van der Waals surface area contributed by atoms with Gasteiger partial charge in [0.05, 0.1) is 12.5 Å². The molecule has 0 bridgehead atoms. The Balaban J connectivity index is 4.13. The van der Waals surface area contributed by atoms with Gasteiger partial charge in [0.25, 0.3) is 0 Å². The Morgan fingerprint density at radius 3 is 2.44 bits per heavy atom. The second-order valence-corrected chi connectivity index (χ2v) is 5.11. The molecule has 0 rings (SSSR count). The van der Waals surface area contributed by atoms with Crippen LogP contribution in [-0.2, 0) is 14.3 Å². The van der Waals surface area contributed by atoms with Crippen molar-refractivity contribution in [2.24, 2.45) is 5.41 Å². The third kappa shape index (κ3) is 6.00. The van der Waals surface area contributed by atoms with Crippen LogP contribution in [0.3, 0.4) is 0 Å². The molecule has 18 heavy (non-hydrogen) atoms. The van der Waals surface area contributed by atoms with Crippen molar-refractivity contribution in [3.8, 4) is 0 Å². The van der Waals surface area contributed by atoms with Gasteiger partial charge in [0.1, 0.15) is 6.04 Å². The second-order valence-electron chi connectivity index (χ2n) is 5.11. The van der Waals surface area contributed by atoms with E-state index in [4.69, 9.17) is 9.84 Å². The van der Waals surface area contributed by atoms with Crippen molar-refractivity contribution in [2.45, 2.75) is 52.5 Å². The summed E-state index contributed by atoms with van der Waals surface area (Å²) < 4.78 is 4.70. The fraction of sp³-hybridized carbons (Fsp3) is 0.846. The number of rotatable bonds is 9. The number of nitrogens with one attached hydrogen (secondary N) is 1. The quantitative estimate of drug-likeness (QED) is 0.618. The fourth-order valence-electron chi connectivity index (χ4n) is 1.66. The number of carboxylic acid groups (broad SMARTS) is 1. The third-order valence-corrected chi connectivity index (χ3v) is 3.02. The SMILES string of the molecule is CCCCC(NCCC(C)(C)C(=O)OC)C(=O)O. The number of esters is 1. The summed E-state index contributed by atoms with van der Waals surface area (Å²) in [4.78, 5) is 22.4. The molecule has 0 aliphatic carbocycles. The lowest BCUT2D eigenvalue weighted by Crippen LogP contribution is -2.39. The first kappa shape index (κ1) is 16.9. The van der Waals surface area contributed by atoms with Crippen LogP contribution in [0.4, 0.5) is 0 Å². The van der Waals surface area contributed by atoms with E-state index in [1.165, 1.54) is 7.11 Å². The highest BCUT2D eigenvalue weighted by Gasteiger charge is 2.28. The van der Waals surface area contributed by atoms with E-state index >= 15 is 0 Å². The largest absolute Gasteiger partial charge is 0.480 e. The molecule has 0 fully saturated rings. The van der Waals surface area contributed by atoms with Crippen molar-refractivity contribution < 1.29 is 19.4 Å². The zero-order valence-electron chi connectivity index (χ0n) is 11.8. The second kappa shape index (κ2) is 8.08. The predicted octanol–water partition coefficient (Wildman–Crippen LogP) is 1.81. The summed E-state index contributed by atoms with van der Waals surface area (Å²) in [5.74, 6) is -1.11. The maximum absolute atomic E-state index is 11.4. The molecule has 5 nitrogen and oxygen atoms in total. The molecule has 0 aromatic heterocycles. The minimum atomic E-state index is -0.834. The monoisotopic (exact) mass is 259 g/mol. The first-order valence-corrected chi connectivity index (χ1v) is 6.39. The number of carbonyl (C=O) groups excluding carboxylic acids is 1. The molecule has 0 aliphatic heterocycles. The fourth-order valence-corrected chi connectivity index (χ4v) is 1.66. The number of carbonyl (C=O) groups is 2. The maximum atomic E-state index is 11.4. The summed E-state index contributed by atoms with van der Waals surface area (Å²) in [5.41, 5.74) is -0.588. The molecule has 0 aromatic carbocycles. The summed E-state index contributed by atoms with van der Waals surface area (Å²) in [6.45, 7) is 6.10. The van der Waals surface area contributed by atoms with Crippen LogP contribution >= 0.6 is 0 Å². The molecular formula is C13H25NO4.